The summed E-state index contributed by atoms with van der Waals surface area (Å²) >= 11 is 5.49. The Balaban J connectivity index is 2.91. The molecule has 1 rings (SSSR count). The molecule has 0 aliphatic heterocycles. The average molecular weight is 285 g/mol. The van der Waals surface area contributed by atoms with Crippen molar-refractivity contribution in [2.45, 2.75) is 25.6 Å². The third-order valence-corrected chi connectivity index (χ3v) is 2.16. The Hall–Kier alpha value is -1.64. The molecule has 1 aromatic rings. The van der Waals surface area contributed by atoms with Gasteiger partial charge in [0, 0.05) is 6.04 Å². The lowest BCUT2D eigenvalue weighted by molar-refractivity contribution is -0.384. The van der Waals surface area contributed by atoms with Gasteiger partial charge in [0.05, 0.1) is 11.3 Å². The van der Waals surface area contributed by atoms with Crippen LogP contribution in [0.15, 0.2) is 6.33 Å². The summed E-state index contributed by atoms with van der Waals surface area (Å²) in [6.07, 6.45) is -4.60. The number of rotatable bonds is 4. The van der Waals surface area contributed by atoms with Gasteiger partial charge in [-0.2, -0.15) is 13.2 Å². The van der Waals surface area contributed by atoms with Crippen molar-refractivity contribution < 1.29 is 18.1 Å². The van der Waals surface area contributed by atoms with E-state index in [0.717, 1.165) is 6.33 Å². The highest BCUT2D eigenvalue weighted by molar-refractivity contribution is 6.31. The Morgan fingerprint density at radius 3 is 2.67 bits per heavy atom. The Morgan fingerprint density at radius 2 is 2.17 bits per heavy atom. The Labute approximate surface area is 104 Å². The molecule has 0 aliphatic rings. The lowest BCUT2D eigenvalue weighted by Gasteiger charge is -2.16. The Morgan fingerprint density at radius 1 is 1.56 bits per heavy atom. The minimum absolute atomic E-state index is 0.336. The molecule has 10 heteroatoms. The van der Waals surface area contributed by atoms with Gasteiger partial charge in [-0.1, -0.05) is 11.6 Å². The number of anilines is 1. The normalized spacial score (nSPS) is 13.2. The second-order valence-corrected chi connectivity index (χ2v) is 3.84. The van der Waals surface area contributed by atoms with Crippen molar-refractivity contribution in [2.24, 2.45) is 0 Å². The van der Waals surface area contributed by atoms with Gasteiger partial charge in [-0.15, -0.1) is 0 Å². The van der Waals surface area contributed by atoms with E-state index in [0.29, 0.717) is 0 Å². The van der Waals surface area contributed by atoms with Crippen LogP contribution in [0.2, 0.25) is 5.15 Å². The van der Waals surface area contributed by atoms with Crippen molar-refractivity contribution in [2.75, 3.05) is 5.32 Å². The van der Waals surface area contributed by atoms with Crippen LogP contribution in [0.5, 0.6) is 0 Å². The number of hydrogen-bond acceptors (Lipinski definition) is 5. The van der Waals surface area contributed by atoms with Gasteiger partial charge in [0.1, 0.15) is 6.33 Å². The van der Waals surface area contributed by atoms with Crippen LogP contribution in [0.3, 0.4) is 0 Å². The number of nitrogens with zero attached hydrogens (tertiary/aromatic N) is 3. The van der Waals surface area contributed by atoms with Crippen LogP contribution in [-0.2, 0) is 0 Å². The maximum atomic E-state index is 12.1. The molecule has 1 atom stereocenters. The van der Waals surface area contributed by atoms with Crippen LogP contribution >= 0.6 is 11.6 Å². The molecule has 0 aromatic carbocycles. The molecule has 0 bridgehead atoms. The van der Waals surface area contributed by atoms with Crippen LogP contribution in [0, 0.1) is 10.1 Å². The first-order valence-corrected chi connectivity index (χ1v) is 5.06. The van der Waals surface area contributed by atoms with Crippen molar-refractivity contribution in [1.82, 2.24) is 9.97 Å². The summed E-state index contributed by atoms with van der Waals surface area (Å²) in [6.45, 7) is 1.23. The summed E-state index contributed by atoms with van der Waals surface area (Å²) in [7, 11) is 0. The molecular formula is C8H8ClF3N4O2. The number of nitrogens with one attached hydrogen (secondary N) is 1. The minimum atomic E-state index is -4.38. The standard InChI is InChI=1S/C8H8ClF3N4O2/c1-4(2-8(10,11)12)15-7-5(16(17)18)6(9)13-3-14-7/h3-4H,2H2,1H3,(H,13,14,15). The smallest absolute Gasteiger partial charge is 0.361 e. The Bertz CT molecular complexity index is 454. The molecule has 1 N–H and O–H groups in total. The molecule has 0 aliphatic carbocycles. The quantitative estimate of drug-likeness (QED) is 0.522. The monoisotopic (exact) mass is 284 g/mol. The van der Waals surface area contributed by atoms with Crippen LogP contribution in [0.1, 0.15) is 13.3 Å². The number of alkyl halides is 3. The molecule has 0 fully saturated rings. The Kier molecular flexibility index (Phi) is 4.28. The maximum absolute atomic E-state index is 12.1. The second kappa shape index (κ2) is 5.34. The fourth-order valence-electron chi connectivity index (χ4n) is 1.26. The summed E-state index contributed by atoms with van der Waals surface area (Å²) < 4.78 is 36.3. The van der Waals surface area contributed by atoms with Crippen molar-refractivity contribution in [3.8, 4) is 0 Å². The highest BCUT2D eigenvalue weighted by Crippen LogP contribution is 2.30. The fraction of sp³-hybridized carbons (Fsp3) is 0.500. The first-order valence-electron chi connectivity index (χ1n) is 4.69. The number of aromatic nitrogens is 2. The van der Waals surface area contributed by atoms with E-state index in [1.54, 1.807) is 0 Å². The number of hydrogen-bond donors (Lipinski definition) is 1. The zero-order valence-electron chi connectivity index (χ0n) is 9.03. The van der Waals surface area contributed by atoms with E-state index >= 15 is 0 Å². The fourth-order valence-corrected chi connectivity index (χ4v) is 1.46. The summed E-state index contributed by atoms with van der Waals surface area (Å²) in [4.78, 5) is 16.7. The lowest BCUT2D eigenvalue weighted by Crippen LogP contribution is -2.24. The zero-order valence-corrected chi connectivity index (χ0v) is 9.79. The maximum Gasteiger partial charge on any atom is 0.391 e. The van der Waals surface area contributed by atoms with Gasteiger partial charge in [-0.3, -0.25) is 10.1 Å². The molecule has 6 nitrogen and oxygen atoms in total. The number of halogens is 4. The summed E-state index contributed by atoms with van der Waals surface area (Å²) in [5.41, 5.74) is -0.645. The van der Waals surface area contributed by atoms with Gasteiger partial charge in [0.2, 0.25) is 11.0 Å². The molecule has 0 saturated carbocycles. The predicted molar refractivity (Wildman–Crippen MR) is 57.5 cm³/mol. The molecule has 1 aromatic heterocycles. The largest absolute Gasteiger partial charge is 0.391 e. The molecule has 100 valence electrons. The van der Waals surface area contributed by atoms with Crippen molar-refractivity contribution in [1.29, 1.82) is 0 Å². The van der Waals surface area contributed by atoms with Crippen LogP contribution in [-0.4, -0.2) is 27.1 Å². The third-order valence-electron chi connectivity index (χ3n) is 1.88. The molecular weight excluding hydrogens is 277 g/mol. The molecule has 0 saturated heterocycles. The average Bonchev–Trinajstić information content (AvgIpc) is 2.13. The van der Waals surface area contributed by atoms with Crippen LogP contribution in [0.4, 0.5) is 24.7 Å². The minimum Gasteiger partial charge on any atom is -0.361 e. The molecule has 0 amide bonds. The van der Waals surface area contributed by atoms with E-state index in [9.17, 15) is 23.3 Å². The van der Waals surface area contributed by atoms with Gasteiger partial charge in [-0.25, -0.2) is 9.97 Å². The van der Waals surface area contributed by atoms with Crippen LogP contribution in [0.25, 0.3) is 0 Å². The first-order chi connectivity index (χ1) is 8.20. The number of nitro groups is 1. The van der Waals surface area contributed by atoms with Crippen molar-refractivity contribution >= 4 is 23.1 Å². The van der Waals surface area contributed by atoms with Crippen molar-refractivity contribution in [3.05, 3.63) is 21.6 Å². The SMILES string of the molecule is CC(CC(F)(F)F)Nc1ncnc(Cl)c1[N+](=O)[O-]. The van der Waals surface area contributed by atoms with Gasteiger partial charge in [-0.05, 0) is 6.92 Å². The summed E-state index contributed by atoms with van der Waals surface area (Å²) in [6, 6.07) is -1.07. The highest BCUT2D eigenvalue weighted by Gasteiger charge is 2.31. The van der Waals surface area contributed by atoms with Gasteiger partial charge >= 0.3 is 11.9 Å². The summed E-state index contributed by atoms with van der Waals surface area (Å²) in [5, 5.41) is 12.5. The van der Waals surface area contributed by atoms with E-state index < -0.39 is 34.4 Å². The topological polar surface area (TPSA) is 81.0 Å². The van der Waals surface area contributed by atoms with E-state index in [1.807, 2.05) is 0 Å². The zero-order chi connectivity index (χ0) is 13.9. The van der Waals surface area contributed by atoms with Crippen LogP contribution < -0.4 is 5.32 Å². The van der Waals surface area contributed by atoms with E-state index in [1.165, 1.54) is 6.92 Å². The molecule has 18 heavy (non-hydrogen) atoms. The molecule has 1 unspecified atom stereocenters. The second-order valence-electron chi connectivity index (χ2n) is 3.48. The lowest BCUT2D eigenvalue weighted by atomic mass is 10.2. The summed E-state index contributed by atoms with van der Waals surface area (Å²) in [5.74, 6) is -0.336. The molecule has 1 heterocycles. The third kappa shape index (κ3) is 3.99. The van der Waals surface area contributed by atoms with Gasteiger partial charge in [0.15, 0.2) is 0 Å². The molecule has 0 spiro atoms. The highest BCUT2D eigenvalue weighted by atomic mass is 35.5. The van der Waals surface area contributed by atoms with E-state index in [-0.39, 0.29) is 5.82 Å². The van der Waals surface area contributed by atoms with E-state index in [4.69, 9.17) is 11.6 Å². The van der Waals surface area contributed by atoms with Crippen molar-refractivity contribution in [3.63, 3.8) is 0 Å². The van der Waals surface area contributed by atoms with Gasteiger partial charge in [0.25, 0.3) is 0 Å². The molecule has 0 radical (unpaired) electrons. The van der Waals surface area contributed by atoms with E-state index in [2.05, 4.69) is 15.3 Å². The van der Waals surface area contributed by atoms with Gasteiger partial charge < -0.3 is 5.32 Å². The predicted octanol–water partition coefficient (Wildman–Crippen LogP) is 2.79. The first kappa shape index (κ1) is 14.4.